The Balaban J connectivity index is 2.17. The lowest BCUT2D eigenvalue weighted by molar-refractivity contribution is -0.144. The zero-order chi connectivity index (χ0) is 13.0. The number of nitrogens with zero attached hydrogens (tertiary/aromatic N) is 1. The summed E-state index contributed by atoms with van der Waals surface area (Å²) in [7, 11) is 1.89. The molecule has 1 aromatic rings. The first-order chi connectivity index (χ1) is 8.70. The van der Waals surface area contributed by atoms with Gasteiger partial charge in [0.05, 0.1) is 0 Å². The summed E-state index contributed by atoms with van der Waals surface area (Å²) in [6.45, 7) is 1.44. The lowest BCUT2D eigenvalue weighted by Crippen LogP contribution is -2.42. The first-order valence-corrected chi connectivity index (χ1v) is 6.27. The molecule has 0 spiro atoms. The van der Waals surface area contributed by atoms with E-state index in [0.29, 0.717) is 0 Å². The number of carbonyl (C=O) groups is 1. The van der Waals surface area contributed by atoms with Gasteiger partial charge in [-0.2, -0.15) is 0 Å². The molecule has 18 heavy (non-hydrogen) atoms. The van der Waals surface area contributed by atoms with Crippen molar-refractivity contribution >= 4 is 5.97 Å². The summed E-state index contributed by atoms with van der Waals surface area (Å²) >= 11 is 0. The van der Waals surface area contributed by atoms with Crippen LogP contribution in [0.3, 0.4) is 0 Å². The van der Waals surface area contributed by atoms with Gasteiger partial charge in [0.15, 0.2) is 0 Å². The van der Waals surface area contributed by atoms with Crippen LogP contribution in [-0.4, -0.2) is 42.3 Å². The van der Waals surface area contributed by atoms with Crippen LogP contribution in [-0.2, 0) is 9.53 Å². The SMILES string of the molecule is CN(C1CCOCC1)C(C(=O)O)c1ccccc1. The van der Waals surface area contributed by atoms with Crippen molar-refractivity contribution in [1.82, 2.24) is 4.90 Å². The molecule has 1 aliphatic rings. The predicted octanol–water partition coefficient (Wildman–Crippen LogP) is 1.92. The number of carboxylic acid groups (broad SMARTS) is 1. The smallest absolute Gasteiger partial charge is 0.325 e. The number of ether oxygens (including phenoxy) is 1. The lowest BCUT2D eigenvalue weighted by Gasteiger charge is -2.35. The highest BCUT2D eigenvalue weighted by atomic mass is 16.5. The van der Waals surface area contributed by atoms with Crippen LogP contribution in [0.5, 0.6) is 0 Å². The predicted molar refractivity (Wildman–Crippen MR) is 68.4 cm³/mol. The standard InChI is InChI=1S/C14H19NO3/c1-15(12-7-9-18-10-8-12)13(14(16)17)11-5-3-2-4-6-11/h2-6,12-13H,7-10H2,1H3,(H,16,17). The Morgan fingerprint density at radius 1 is 1.33 bits per heavy atom. The van der Waals surface area contributed by atoms with Crippen molar-refractivity contribution in [3.05, 3.63) is 35.9 Å². The zero-order valence-corrected chi connectivity index (χ0v) is 10.6. The molecule has 1 unspecified atom stereocenters. The van der Waals surface area contributed by atoms with Gasteiger partial charge in [0.1, 0.15) is 6.04 Å². The average Bonchev–Trinajstić information content (AvgIpc) is 2.40. The molecule has 4 nitrogen and oxygen atoms in total. The molecule has 1 fully saturated rings. The van der Waals surface area contributed by atoms with Crippen LogP contribution >= 0.6 is 0 Å². The van der Waals surface area contributed by atoms with Gasteiger partial charge in [-0.1, -0.05) is 30.3 Å². The maximum absolute atomic E-state index is 11.5. The molecule has 98 valence electrons. The molecule has 1 heterocycles. The van der Waals surface area contributed by atoms with E-state index in [1.165, 1.54) is 0 Å². The van der Waals surface area contributed by atoms with Crippen LogP contribution < -0.4 is 0 Å². The third-order valence-electron chi connectivity index (χ3n) is 3.52. The van der Waals surface area contributed by atoms with Gasteiger partial charge in [-0.25, -0.2) is 0 Å². The Labute approximate surface area is 107 Å². The Morgan fingerprint density at radius 3 is 2.50 bits per heavy atom. The van der Waals surface area contributed by atoms with E-state index in [2.05, 4.69) is 0 Å². The van der Waals surface area contributed by atoms with E-state index in [9.17, 15) is 9.90 Å². The molecule has 0 amide bonds. The second-order valence-corrected chi connectivity index (χ2v) is 4.66. The van der Waals surface area contributed by atoms with Crippen molar-refractivity contribution < 1.29 is 14.6 Å². The number of benzene rings is 1. The van der Waals surface area contributed by atoms with E-state index in [0.717, 1.165) is 31.6 Å². The lowest BCUT2D eigenvalue weighted by atomic mass is 10.0. The number of hydrogen-bond acceptors (Lipinski definition) is 3. The quantitative estimate of drug-likeness (QED) is 0.885. The minimum absolute atomic E-state index is 0.278. The summed E-state index contributed by atoms with van der Waals surface area (Å²) in [4.78, 5) is 13.5. The molecule has 0 aromatic heterocycles. The monoisotopic (exact) mass is 249 g/mol. The Bertz CT molecular complexity index is 387. The van der Waals surface area contributed by atoms with E-state index in [-0.39, 0.29) is 6.04 Å². The molecule has 0 aliphatic carbocycles. The van der Waals surface area contributed by atoms with Crippen molar-refractivity contribution in [2.75, 3.05) is 20.3 Å². The van der Waals surface area contributed by atoms with Crippen LogP contribution in [0.15, 0.2) is 30.3 Å². The highest BCUT2D eigenvalue weighted by Gasteiger charge is 2.30. The van der Waals surface area contributed by atoms with Crippen LogP contribution in [0.4, 0.5) is 0 Å². The first-order valence-electron chi connectivity index (χ1n) is 6.27. The largest absolute Gasteiger partial charge is 0.480 e. The van der Waals surface area contributed by atoms with Crippen LogP contribution in [0.1, 0.15) is 24.4 Å². The highest BCUT2D eigenvalue weighted by molar-refractivity contribution is 5.75. The highest BCUT2D eigenvalue weighted by Crippen LogP contribution is 2.25. The van der Waals surface area contributed by atoms with E-state index >= 15 is 0 Å². The summed E-state index contributed by atoms with van der Waals surface area (Å²) in [5.41, 5.74) is 0.832. The normalized spacial score (nSPS) is 18.8. The molecule has 1 N–H and O–H groups in total. The van der Waals surface area contributed by atoms with E-state index < -0.39 is 12.0 Å². The zero-order valence-electron chi connectivity index (χ0n) is 10.6. The molecule has 0 bridgehead atoms. The average molecular weight is 249 g/mol. The molecular formula is C14H19NO3. The molecule has 1 aliphatic heterocycles. The van der Waals surface area contributed by atoms with Gasteiger partial charge < -0.3 is 9.84 Å². The second kappa shape index (κ2) is 5.98. The molecule has 4 heteroatoms. The van der Waals surface area contributed by atoms with Crippen molar-refractivity contribution in [2.24, 2.45) is 0 Å². The Kier molecular flexibility index (Phi) is 4.33. The van der Waals surface area contributed by atoms with Gasteiger partial charge >= 0.3 is 5.97 Å². The maximum Gasteiger partial charge on any atom is 0.325 e. The number of rotatable bonds is 4. The number of aliphatic carboxylic acids is 1. The van der Waals surface area contributed by atoms with Gasteiger partial charge in [0.2, 0.25) is 0 Å². The second-order valence-electron chi connectivity index (χ2n) is 4.66. The molecule has 1 atom stereocenters. The summed E-state index contributed by atoms with van der Waals surface area (Å²) in [6.07, 6.45) is 1.79. The molecule has 1 saturated heterocycles. The van der Waals surface area contributed by atoms with E-state index in [1.54, 1.807) is 0 Å². The number of likely N-dealkylation sites (N-methyl/N-ethyl adjacent to an activating group) is 1. The Morgan fingerprint density at radius 2 is 1.94 bits per heavy atom. The first kappa shape index (κ1) is 13.1. The molecule has 0 saturated carbocycles. The van der Waals surface area contributed by atoms with Crippen molar-refractivity contribution in [1.29, 1.82) is 0 Å². The number of hydrogen-bond donors (Lipinski definition) is 1. The van der Waals surface area contributed by atoms with Gasteiger partial charge in [-0.05, 0) is 25.5 Å². The van der Waals surface area contributed by atoms with Gasteiger partial charge in [-0.3, -0.25) is 9.69 Å². The van der Waals surface area contributed by atoms with Gasteiger partial charge in [0, 0.05) is 19.3 Å². The van der Waals surface area contributed by atoms with E-state index in [4.69, 9.17) is 4.74 Å². The van der Waals surface area contributed by atoms with Crippen LogP contribution in [0.25, 0.3) is 0 Å². The van der Waals surface area contributed by atoms with Crippen LogP contribution in [0, 0.1) is 0 Å². The third kappa shape index (κ3) is 2.89. The van der Waals surface area contributed by atoms with Crippen molar-refractivity contribution in [3.8, 4) is 0 Å². The fourth-order valence-electron chi connectivity index (χ4n) is 2.49. The molecular weight excluding hydrogens is 230 g/mol. The molecule has 2 rings (SSSR count). The topological polar surface area (TPSA) is 49.8 Å². The Hall–Kier alpha value is -1.39. The summed E-state index contributed by atoms with van der Waals surface area (Å²) in [5, 5.41) is 9.45. The molecule has 1 aromatic carbocycles. The molecule has 0 radical (unpaired) electrons. The number of carboxylic acids is 1. The minimum Gasteiger partial charge on any atom is -0.480 e. The van der Waals surface area contributed by atoms with E-state index in [1.807, 2.05) is 42.3 Å². The van der Waals surface area contributed by atoms with Gasteiger partial charge in [0.25, 0.3) is 0 Å². The summed E-state index contributed by atoms with van der Waals surface area (Å²) < 4.78 is 5.32. The fourth-order valence-corrected chi connectivity index (χ4v) is 2.49. The van der Waals surface area contributed by atoms with Crippen molar-refractivity contribution in [2.45, 2.75) is 24.9 Å². The maximum atomic E-state index is 11.5. The minimum atomic E-state index is -0.796. The fraction of sp³-hybridized carbons (Fsp3) is 0.500. The summed E-state index contributed by atoms with van der Waals surface area (Å²) in [5.74, 6) is -0.796. The van der Waals surface area contributed by atoms with Crippen LogP contribution in [0.2, 0.25) is 0 Å². The summed E-state index contributed by atoms with van der Waals surface area (Å²) in [6, 6.07) is 9.10. The van der Waals surface area contributed by atoms with Crippen molar-refractivity contribution in [3.63, 3.8) is 0 Å². The van der Waals surface area contributed by atoms with Gasteiger partial charge in [-0.15, -0.1) is 0 Å². The third-order valence-corrected chi connectivity index (χ3v) is 3.52.